The molecule has 1 aliphatic heterocycles. The average Bonchev–Trinajstić information content (AvgIpc) is 2.72. The number of nitrogens with two attached hydrogens (primary N) is 1. The SMILES string of the molecule is Nc1c(CC2CCNC2)cccc1C(F)(F)F. The van der Waals surface area contributed by atoms with Crippen molar-refractivity contribution in [3.63, 3.8) is 0 Å². The number of benzene rings is 1. The van der Waals surface area contributed by atoms with Crippen molar-refractivity contribution < 1.29 is 13.2 Å². The predicted octanol–water partition coefficient (Wildman–Crippen LogP) is 2.44. The zero-order chi connectivity index (χ0) is 12.5. The van der Waals surface area contributed by atoms with Gasteiger partial charge in [-0.1, -0.05) is 12.1 Å². The van der Waals surface area contributed by atoms with Gasteiger partial charge in [-0.15, -0.1) is 0 Å². The molecule has 0 aromatic heterocycles. The first-order valence-electron chi connectivity index (χ1n) is 5.64. The summed E-state index contributed by atoms with van der Waals surface area (Å²) in [6.45, 7) is 1.79. The van der Waals surface area contributed by atoms with Crippen molar-refractivity contribution in [2.45, 2.75) is 19.0 Å². The van der Waals surface area contributed by atoms with E-state index in [1.165, 1.54) is 6.07 Å². The Balaban J connectivity index is 2.22. The Morgan fingerprint density at radius 2 is 2.12 bits per heavy atom. The van der Waals surface area contributed by atoms with E-state index >= 15 is 0 Å². The lowest BCUT2D eigenvalue weighted by atomic mass is 9.95. The third-order valence-corrected chi connectivity index (χ3v) is 3.17. The molecule has 0 amide bonds. The lowest BCUT2D eigenvalue weighted by molar-refractivity contribution is -0.136. The molecule has 5 heteroatoms. The molecule has 2 nitrogen and oxygen atoms in total. The maximum absolute atomic E-state index is 12.6. The van der Waals surface area contributed by atoms with Gasteiger partial charge in [-0.25, -0.2) is 0 Å². The van der Waals surface area contributed by atoms with Crippen molar-refractivity contribution >= 4 is 5.69 Å². The molecule has 0 bridgehead atoms. The maximum atomic E-state index is 12.6. The van der Waals surface area contributed by atoms with E-state index in [1.807, 2.05) is 0 Å². The first-order chi connectivity index (χ1) is 7.98. The number of halogens is 3. The normalized spacial score (nSPS) is 20.8. The molecule has 2 rings (SSSR count). The van der Waals surface area contributed by atoms with Crippen LogP contribution in [0.5, 0.6) is 0 Å². The highest BCUT2D eigenvalue weighted by molar-refractivity contribution is 5.55. The van der Waals surface area contributed by atoms with E-state index in [1.54, 1.807) is 6.07 Å². The molecule has 0 aliphatic carbocycles. The van der Waals surface area contributed by atoms with E-state index in [4.69, 9.17) is 5.73 Å². The Labute approximate surface area is 98.0 Å². The zero-order valence-electron chi connectivity index (χ0n) is 9.35. The summed E-state index contributed by atoms with van der Waals surface area (Å²) in [6, 6.07) is 4.14. The smallest absolute Gasteiger partial charge is 0.398 e. The van der Waals surface area contributed by atoms with Gasteiger partial charge in [0.25, 0.3) is 0 Å². The fourth-order valence-electron chi connectivity index (χ4n) is 2.24. The number of alkyl halides is 3. The second-order valence-electron chi connectivity index (χ2n) is 4.44. The Bertz CT molecular complexity index is 395. The molecule has 1 fully saturated rings. The lowest BCUT2D eigenvalue weighted by Gasteiger charge is -2.15. The van der Waals surface area contributed by atoms with E-state index in [9.17, 15) is 13.2 Å². The van der Waals surface area contributed by atoms with E-state index in [0.29, 0.717) is 17.9 Å². The van der Waals surface area contributed by atoms with Crippen LogP contribution in [0.15, 0.2) is 18.2 Å². The molecule has 1 saturated heterocycles. The molecular weight excluding hydrogens is 229 g/mol. The summed E-state index contributed by atoms with van der Waals surface area (Å²) in [7, 11) is 0. The van der Waals surface area contributed by atoms with Crippen LogP contribution in [-0.2, 0) is 12.6 Å². The number of nitrogen functional groups attached to an aromatic ring is 1. The third kappa shape index (κ3) is 2.72. The molecule has 17 heavy (non-hydrogen) atoms. The van der Waals surface area contributed by atoms with Gasteiger partial charge in [-0.2, -0.15) is 13.2 Å². The molecule has 1 aromatic carbocycles. The van der Waals surface area contributed by atoms with Gasteiger partial charge in [-0.05, 0) is 43.5 Å². The molecule has 1 aliphatic rings. The van der Waals surface area contributed by atoms with Crippen molar-refractivity contribution in [3.05, 3.63) is 29.3 Å². The molecular formula is C12H15F3N2. The fraction of sp³-hybridized carbons (Fsp3) is 0.500. The highest BCUT2D eigenvalue weighted by atomic mass is 19.4. The Morgan fingerprint density at radius 3 is 2.71 bits per heavy atom. The van der Waals surface area contributed by atoms with E-state index in [2.05, 4.69) is 5.32 Å². The van der Waals surface area contributed by atoms with Crippen LogP contribution in [0.2, 0.25) is 0 Å². The molecule has 0 saturated carbocycles. The highest BCUT2D eigenvalue weighted by Crippen LogP contribution is 2.35. The third-order valence-electron chi connectivity index (χ3n) is 3.17. The molecule has 0 spiro atoms. The first-order valence-corrected chi connectivity index (χ1v) is 5.64. The molecule has 1 unspecified atom stereocenters. The summed E-state index contributed by atoms with van der Waals surface area (Å²) < 4.78 is 37.9. The number of para-hydroxylation sites is 1. The highest BCUT2D eigenvalue weighted by Gasteiger charge is 2.33. The first kappa shape index (κ1) is 12.2. The van der Waals surface area contributed by atoms with Gasteiger partial charge in [0, 0.05) is 5.69 Å². The minimum Gasteiger partial charge on any atom is -0.398 e. The number of nitrogens with one attached hydrogen (secondary N) is 1. The van der Waals surface area contributed by atoms with Crippen LogP contribution in [0.4, 0.5) is 18.9 Å². The summed E-state index contributed by atoms with van der Waals surface area (Å²) in [4.78, 5) is 0. The van der Waals surface area contributed by atoms with Crippen LogP contribution < -0.4 is 11.1 Å². The Hall–Kier alpha value is -1.23. The van der Waals surface area contributed by atoms with Gasteiger partial charge in [0.1, 0.15) is 0 Å². The second-order valence-corrected chi connectivity index (χ2v) is 4.44. The molecule has 3 N–H and O–H groups in total. The van der Waals surface area contributed by atoms with Crippen molar-refractivity contribution in [2.24, 2.45) is 5.92 Å². The van der Waals surface area contributed by atoms with Crippen LogP contribution in [0, 0.1) is 5.92 Å². The minimum atomic E-state index is -4.37. The summed E-state index contributed by atoms with van der Waals surface area (Å²) in [5, 5.41) is 3.19. The van der Waals surface area contributed by atoms with Crippen molar-refractivity contribution in [1.29, 1.82) is 0 Å². The summed E-state index contributed by atoms with van der Waals surface area (Å²) in [6.07, 6.45) is -2.76. The molecule has 1 heterocycles. The molecule has 0 radical (unpaired) electrons. The van der Waals surface area contributed by atoms with Crippen LogP contribution in [0.3, 0.4) is 0 Å². The minimum absolute atomic E-state index is 0.119. The summed E-state index contributed by atoms with van der Waals surface area (Å²) >= 11 is 0. The van der Waals surface area contributed by atoms with E-state index < -0.39 is 11.7 Å². The summed E-state index contributed by atoms with van der Waals surface area (Å²) in [5.74, 6) is 0.390. The number of hydrogen-bond acceptors (Lipinski definition) is 2. The quantitative estimate of drug-likeness (QED) is 0.784. The van der Waals surface area contributed by atoms with Crippen LogP contribution in [0.25, 0.3) is 0 Å². The summed E-state index contributed by atoms with van der Waals surface area (Å²) in [5.41, 5.74) is 5.37. The zero-order valence-corrected chi connectivity index (χ0v) is 9.35. The van der Waals surface area contributed by atoms with Crippen molar-refractivity contribution in [3.8, 4) is 0 Å². The lowest BCUT2D eigenvalue weighted by Crippen LogP contribution is -2.14. The standard InChI is InChI=1S/C12H15F3N2/c13-12(14,15)10-3-1-2-9(11(10)16)6-8-4-5-17-7-8/h1-3,8,17H,4-7,16H2. The largest absolute Gasteiger partial charge is 0.418 e. The maximum Gasteiger partial charge on any atom is 0.418 e. The second kappa shape index (κ2) is 4.56. The molecule has 1 aromatic rings. The molecule has 94 valence electrons. The van der Waals surface area contributed by atoms with Gasteiger partial charge in [0.2, 0.25) is 0 Å². The molecule has 1 atom stereocenters. The van der Waals surface area contributed by atoms with Crippen molar-refractivity contribution in [1.82, 2.24) is 5.32 Å². The Kier molecular flexibility index (Phi) is 3.28. The topological polar surface area (TPSA) is 38.0 Å². The monoisotopic (exact) mass is 244 g/mol. The van der Waals surface area contributed by atoms with Gasteiger partial charge in [0.05, 0.1) is 5.56 Å². The number of hydrogen-bond donors (Lipinski definition) is 2. The van der Waals surface area contributed by atoms with E-state index in [0.717, 1.165) is 25.6 Å². The van der Waals surface area contributed by atoms with Crippen molar-refractivity contribution in [2.75, 3.05) is 18.8 Å². The number of rotatable bonds is 2. The van der Waals surface area contributed by atoms with Crippen LogP contribution in [-0.4, -0.2) is 13.1 Å². The van der Waals surface area contributed by atoms with Crippen LogP contribution >= 0.6 is 0 Å². The fourth-order valence-corrected chi connectivity index (χ4v) is 2.24. The van der Waals surface area contributed by atoms with Gasteiger partial charge in [-0.3, -0.25) is 0 Å². The van der Waals surface area contributed by atoms with Gasteiger partial charge in [0.15, 0.2) is 0 Å². The number of anilines is 1. The Morgan fingerprint density at radius 1 is 1.35 bits per heavy atom. The van der Waals surface area contributed by atoms with Gasteiger partial charge >= 0.3 is 6.18 Å². The average molecular weight is 244 g/mol. The predicted molar refractivity (Wildman–Crippen MR) is 60.5 cm³/mol. The van der Waals surface area contributed by atoms with Gasteiger partial charge < -0.3 is 11.1 Å². The van der Waals surface area contributed by atoms with E-state index in [-0.39, 0.29) is 5.69 Å². The van der Waals surface area contributed by atoms with Crippen LogP contribution in [0.1, 0.15) is 17.5 Å².